The van der Waals surface area contributed by atoms with Crippen molar-refractivity contribution in [1.29, 1.82) is 0 Å². The number of nitrogens with one attached hydrogen (secondary N) is 2. The number of aromatic nitrogens is 5. The Bertz CT molecular complexity index is 1990. The Kier molecular flexibility index (Phi) is 9.20. The molecule has 5 heterocycles. The first-order valence-electron chi connectivity index (χ1n) is 15.5. The highest BCUT2D eigenvalue weighted by molar-refractivity contribution is 6.03. The van der Waals surface area contributed by atoms with Gasteiger partial charge in [0.1, 0.15) is 17.2 Å². The van der Waals surface area contributed by atoms with E-state index in [1.807, 2.05) is 32.9 Å². The highest BCUT2D eigenvalue weighted by Crippen LogP contribution is 2.30. The van der Waals surface area contributed by atoms with Crippen LogP contribution in [0.4, 0.5) is 4.39 Å². The van der Waals surface area contributed by atoms with Crippen LogP contribution in [0.15, 0.2) is 35.0 Å². The first-order chi connectivity index (χ1) is 22.2. The summed E-state index contributed by atoms with van der Waals surface area (Å²) in [5.74, 6) is -0.0427. The number of ether oxygens (including phenoxy) is 1. The summed E-state index contributed by atoms with van der Waals surface area (Å²) in [7, 11) is 1.64. The van der Waals surface area contributed by atoms with E-state index in [9.17, 15) is 14.3 Å². The Morgan fingerprint density at radius 2 is 2.07 bits per heavy atom. The summed E-state index contributed by atoms with van der Waals surface area (Å²) < 4.78 is 25.6. The van der Waals surface area contributed by atoms with Crippen LogP contribution in [0.5, 0.6) is 0 Å². The minimum atomic E-state index is -0.403. The van der Waals surface area contributed by atoms with E-state index in [0.717, 1.165) is 53.5 Å². The van der Waals surface area contributed by atoms with Crippen LogP contribution in [0.3, 0.4) is 0 Å². The third-order valence-electron chi connectivity index (χ3n) is 8.69. The first-order valence-corrected chi connectivity index (χ1v) is 15.5. The molecule has 46 heavy (non-hydrogen) atoms. The van der Waals surface area contributed by atoms with Gasteiger partial charge in [0.2, 0.25) is 5.82 Å². The SMILES string of the molecule is COC(C)/C=c1\c(=C/Cc2c(C)noc2C)[nH]c2nc(C(=O)NC3CCN(CCO)CC3)nc(-c3ccnc4ccc(F)cc34)c12. The average molecular weight is 628 g/mol. The number of rotatable bonds is 9. The number of halogens is 1. The number of nitrogens with zero attached hydrogens (tertiary/aromatic N) is 5. The fourth-order valence-corrected chi connectivity index (χ4v) is 6.08. The van der Waals surface area contributed by atoms with Crippen molar-refractivity contribution in [1.82, 2.24) is 35.3 Å². The molecular weight excluding hydrogens is 589 g/mol. The van der Waals surface area contributed by atoms with E-state index < -0.39 is 5.82 Å². The molecule has 0 spiro atoms. The number of H-pyrrole nitrogens is 1. The van der Waals surface area contributed by atoms with Gasteiger partial charge in [0.05, 0.1) is 35.0 Å². The smallest absolute Gasteiger partial charge is 0.289 e. The number of amides is 1. The second-order valence-corrected chi connectivity index (χ2v) is 11.7. The number of hydrogen-bond acceptors (Lipinski definition) is 9. The second-order valence-electron chi connectivity index (χ2n) is 11.7. The molecule has 1 atom stereocenters. The van der Waals surface area contributed by atoms with Crippen molar-refractivity contribution in [3.8, 4) is 11.3 Å². The highest BCUT2D eigenvalue weighted by Gasteiger charge is 2.24. The lowest BCUT2D eigenvalue weighted by Crippen LogP contribution is -2.45. The maximum absolute atomic E-state index is 14.6. The number of likely N-dealkylation sites (tertiary alicyclic amines) is 1. The fourth-order valence-electron chi connectivity index (χ4n) is 6.08. The predicted octanol–water partition coefficient (Wildman–Crippen LogP) is 2.94. The monoisotopic (exact) mass is 627 g/mol. The topological polar surface area (TPSA) is 142 Å². The molecule has 1 amide bonds. The summed E-state index contributed by atoms with van der Waals surface area (Å²) in [5, 5.41) is 19.3. The second kappa shape index (κ2) is 13.5. The van der Waals surface area contributed by atoms with Crippen LogP contribution in [0.1, 0.15) is 47.4 Å². The maximum atomic E-state index is 14.6. The molecule has 6 rings (SSSR count). The predicted molar refractivity (Wildman–Crippen MR) is 173 cm³/mol. The lowest BCUT2D eigenvalue weighted by molar-refractivity contribution is 0.0893. The number of benzene rings is 1. The van der Waals surface area contributed by atoms with Crippen molar-refractivity contribution in [2.45, 2.75) is 52.2 Å². The van der Waals surface area contributed by atoms with Gasteiger partial charge < -0.3 is 29.6 Å². The molecule has 1 aliphatic rings. The lowest BCUT2D eigenvalue weighted by atomic mass is 10.0. The standard InChI is InChI=1S/C34H38FN7O4/c1-19(45-4)17-27-29(8-6-24-20(2)41-46-21(24)3)38-32-30(27)31(25-9-12-36-28-7-5-22(35)18-26(25)28)39-33(40-32)34(44)37-23-10-13-42(14-11-23)15-16-43/h5,7-9,12,17-19,23,43H,6,10-11,13-16H2,1-4H3,(H,37,44)(H,38,39,40)/b27-17+,29-8+. The van der Waals surface area contributed by atoms with Crippen molar-refractivity contribution in [2.75, 3.05) is 33.4 Å². The molecule has 0 saturated carbocycles. The van der Waals surface area contributed by atoms with E-state index in [4.69, 9.17) is 19.2 Å². The molecule has 1 aliphatic heterocycles. The number of piperidine rings is 1. The van der Waals surface area contributed by atoms with Crippen LogP contribution in [0.2, 0.25) is 0 Å². The molecule has 12 heteroatoms. The molecule has 1 unspecified atom stereocenters. The van der Waals surface area contributed by atoms with Crippen LogP contribution < -0.4 is 15.9 Å². The van der Waals surface area contributed by atoms with Crippen molar-refractivity contribution < 1.29 is 23.6 Å². The largest absolute Gasteiger partial charge is 0.395 e. The molecule has 1 fully saturated rings. The van der Waals surface area contributed by atoms with Gasteiger partial charge >= 0.3 is 0 Å². The number of aliphatic hydroxyl groups excluding tert-OH is 1. The number of β-amino-alcohol motifs (C(OH)–C–C–N with tert-alkyl or cyclic N) is 1. The summed E-state index contributed by atoms with van der Waals surface area (Å²) in [5.41, 5.74) is 3.97. The fraction of sp³-hybridized carbons (Fsp3) is 0.382. The average Bonchev–Trinajstić information content (AvgIpc) is 3.57. The lowest BCUT2D eigenvalue weighted by Gasteiger charge is -2.31. The summed E-state index contributed by atoms with van der Waals surface area (Å²) in [6.07, 6.45) is 7.47. The van der Waals surface area contributed by atoms with E-state index >= 15 is 0 Å². The van der Waals surface area contributed by atoms with Crippen LogP contribution in [-0.2, 0) is 11.2 Å². The van der Waals surface area contributed by atoms with Crippen molar-refractivity contribution in [2.24, 2.45) is 0 Å². The van der Waals surface area contributed by atoms with Gasteiger partial charge in [0.25, 0.3) is 5.91 Å². The van der Waals surface area contributed by atoms with Gasteiger partial charge in [-0.15, -0.1) is 0 Å². The van der Waals surface area contributed by atoms with Crippen LogP contribution in [0.25, 0.3) is 45.3 Å². The first kappa shape index (κ1) is 31.5. The molecule has 11 nitrogen and oxygen atoms in total. The van der Waals surface area contributed by atoms with E-state index in [1.54, 1.807) is 25.4 Å². The number of carbonyl (C=O) groups excluding carboxylic acids is 1. The molecule has 0 aliphatic carbocycles. The Morgan fingerprint density at radius 1 is 1.26 bits per heavy atom. The van der Waals surface area contributed by atoms with Gasteiger partial charge in [0.15, 0.2) is 0 Å². The number of fused-ring (bicyclic) bond motifs is 2. The van der Waals surface area contributed by atoms with Crippen LogP contribution in [0, 0.1) is 19.7 Å². The van der Waals surface area contributed by atoms with Gasteiger partial charge in [-0.3, -0.25) is 9.78 Å². The van der Waals surface area contributed by atoms with E-state index in [0.29, 0.717) is 46.2 Å². The number of methoxy groups -OCH3 is 1. The number of hydrogen-bond donors (Lipinski definition) is 3. The molecule has 0 radical (unpaired) electrons. The quantitative estimate of drug-likeness (QED) is 0.225. The Hall–Kier alpha value is -4.52. The Morgan fingerprint density at radius 3 is 2.78 bits per heavy atom. The summed E-state index contributed by atoms with van der Waals surface area (Å²) in [6, 6.07) is 6.17. The van der Waals surface area contributed by atoms with E-state index in [2.05, 4.69) is 25.3 Å². The zero-order valence-electron chi connectivity index (χ0n) is 26.4. The molecule has 5 aromatic rings. The molecular formula is C34H38FN7O4. The normalized spacial score (nSPS) is 16.1. The summed E-state index contributed by atoms with van der Waals surface area (Å²) in [4.78, 5) is 33.4. The third-order valence-corrected chi connectivity index (χ3v) is 8.69. The molecule has 240 valence electrons. The third kappa shape index (κ3) is 6.41. The van der Waals surface area contributed by atoms with Gasteiger partial charge in [-0.05, 0) is 70.4 Å². The van der Waals surface area contributed by atoms with E-state index in [1.165, 1.54) is 12.1 Å². The molecule has 1 aromatic carbocycles. The van der Waals surface area contributed by atoms with Crippen molar-refractivity contribution >= 4 is 40.0 Å². The van der Waals surface area contributed by atoms with Crippen molar-refractivity contribution in [3.05, 3.63) is 69.7 Å². The van der Waals surface area contributed by atoms with Crippen molar-refractivity contribution in [3.63, 3.8) is 0 Å². The zero-order valence-corrected chi connectivity index (χ0v) is 26.4. The number of aryl methyl sites for hydroxylation is 2. The minimum absolute atomic E-state index is 0.00603. The summed E-state index contributed by atoms with van der Waals surface area (Å²) >= 11 is 0. The van der Waals surface area contributed by atoms with Gasteiger partial charge in [-0.1, -0.05) is 11.2 Å². The number of aliphatic hydroxyl groups is 1. The molecule has 3 N–H and O–H groups in total. The summed E-state index contributed by atoms with van der Waals surface area (Å²) in [6.45, 7) is 8.01. The molecule has 1 saturated heterocycles. The van der Waals surface area contributed by atoms with Gasteiger partial charge in [0, 0.05) is 66.1 Å². The highest BCUT2D eigenvalue weighted by atomic mass is 19.1. The van der Waals surface area contributed by atoms with E-state index in [-0.39, 0.29) is 30.5 Å². The zero-order chi connectivity index (χ0) is 32.4. The Balaban J connectivity index is 1.54. The number of aromatic amines is 1. The van der Waals surface area contributed by atoms with Gasteiger partial charge in [-0.25, -0.2) is 14.4 Å². The minimum Gasteiger partial charge on any atom is -0.395 e. The number of carbonyl (C=O) groups is 1. The molecule has 0 bridgehead atoms. The number of pyridine rings is 1. The van der Waals surface area contributed by atoms with Crippen LogP contribution >= 0.6 is 0 Å². The maximum Gasteiger partial charge on any atom is 0.289 e. The van der Waals surface area contributed by atoms with Crippen LogP contribution in [-0.4, -0.2) is 86.5 Å². The molecule has 4 aromatic heterocycles. The Labute approximate surface area is 265 Å². The van der Waals surface area contributed by atoms with Gasteiger partial charge in [-0.2, -0.15) is 0 Å².